The number of ether oxygens (including phenoxy) is 3. The van der Waals surface area contributed by atoms with Crippen LogP contribution in [0, 0.1) is 0 Å². The smallest absolute Gasteiger partial charge is 0.338 e. The Labute approximate surface area is 230 Å². The molecule has 4 rings (SSSR count). The maximum atomic E-state index is 13.9. The molecule has 0 amide bonds. The lowest BCUT2D eigenvalue weighted by molar-refractivity contribution is -0.139. The summed E-state index contributed by atoms with van der Waals surface area (Å²) in [5.41, 5.74) is 2.37. The third-order valence-electron chi connectivity index (χ3n) is 6.68. The van der Waals surface area contributed by atoms with Crippen molar-refractivity contribution < 1.29 is 24.1 Å². The summed E-state index contributed by atoms with van der Waals surface area (Å²) in [6, 6.07) is 9.81. The first-order chi connectivity index (χ1) is 18.8. The summed E-state index contributed by atoms with van der Waals surface area (Å²) in [6.07, 6.45) is 1.65. The van der Waals surface area contributed by atoms with Crippen molar-refractivity contribution in [3.05, 3.63) is 78.5 Å². The van der Waals surface area contributed by atoms with Crippen LogP contribution in [0.1, 0.15) is 44.9 Å². The van der Waals surface area contributed by atoms with Gasteiger partial charge >= 0.3 is 5.97 Å². The highest BCUT2D eigenvalue weighted by Gasteiger charge is 2.35. The Balaban J connectivity index is 1.93. The van der Waals surface area contributed by atoms with E-state index in [1.807, 2.05) is 6.07 Å². The quantitative estimate of drug-likeness (QED) is 0.407. The van der Waals surface area contributed by atoms with Crippen LogP contribution >= 0.6 is 11.3 Å². The van der Waals surface area contributed by atoms with E-state index >= 15 is 0 Å². The fourth-order valence-electron chi connectivity index (χ4n) is 4.71. The molecule has 0 spiro atoms. The molecular weight excluding hydrogens is 518 g/mol. The monoisotopic (exact) mass is 551 g/mol. The van der Waals surface area contributed by atoms with Gasteiger partial charge in [0, 0.05) is 42.0 Å². The van der Waals surface area contributed by atoms with Gasteiger partial charge < -0.3 is 24.2 Å². The number of carbonyl (C=O) groups is 1. The van der Waals surface area contributed by atoms with E-state index in [1.54, 1.807) is 57.4 Å². The predicted molar refractivity (Wildman–Crippen MR) is 152 cm³/mol. The van der Waals surface area contributed by atoms with Crippen molar-refractivity contribution in [1.82, 2.24) is 4.57 Å². The number of thiazole rings is 1. The van der Waals surface area contributed by atoms with Gasteiger partial charge in [0.15, 0.2) is 4.80 Å². The maximum Gasteiger partial charge on any atom is 0.338 e. The maximum absolute atomic E-state index is 13.9. The van der Waals surface area contributed by atoms with Crippen molar-refractivity contribution in [2.75, 3.05) is 38.8 Å². The van der Waals surface area contributed by atoms with Crippen molar-refractivity contribution in [1.29, 1.82) is 0 Å². The molecule has 0 saturated carbocycles. The van der Waals surface area contributed by atoms with Crippen LogP contribution in [0.3, 0.4) is 0 Å². The van der Waals surface area contributed by atoms with Gasteiger partial charge in [-0.25, -0.2) is 9.79 Å². The first kappa shape index (κ1) is 28.0. The molecule has 0 bridgehead atoms. The molecular formula is C29H33N3O6S. The summed E-state index contributed by atoms with van der Waals surface area (Å²) in [5, 5.41) is 10.8. The number of nitrogens with zero attached hydrogens (tertiary/aromatic N) is 3. The fraction of sp³-hybridized carbons (Fsp3) is 0.345. The number of aromatic nitrogens is 1. The topological polar surface area (TPSA) is 103 Å². The van der Waals surface area contributed by atoms with Crippen LogP contribution in [-0.2, 0) is 9.53 Å². The van der Waals surface area contributed by atoms with E-state index in [2.05, 4.69) is 23.7 Å². The number of carbonyl (C=O) groups excluding carboxylic acids is 1. The van der Waals surface area contributed by atoms with E-state index < -0.39 is 12.0 Å². The molecule has 0 fully saturated rings. The zero-order valence-corrected chi connectivity index (χ0v) is 23.8. The highest BCUT2D eigenvalue weighted by molar-refractivity contribution is 7.07. The molecule has 0 saturated heterocycles. The number of aromatic hydroxyl groups is 1. The van der Waals surface area contributed by atoms with Crippen molar-refractivity contribution in [2.24, 2.45) is 4.99 Å². The lowest BCUT2D eigenvalue weighted by Gasteiger charge is -2.26. The molecule has 2 aromatic carbocycles. The number of phenolic OH excluding ortho intramolecular Hbond substituents is 1. The number of fused-ring (bicyclic) bond motifs is 1. The van der Waals surface area contributed by atoms with E-state index in [0.29, 0.717) is 37.7 Å². The SMILES string of the molecule is CCOC(=O)C1=C(C)N=c2s/c(=C\c3ccc(N(CC)CC)cc3O)c(=O)n2[C@@H]1c1ccc(OC)cc1OC. The highest BCUT2D eigenvalue weighted by Crippen LogP contribution is 2.37. The lowest BCUT2D eigenvalue weighted by Crippen LogP contribution is -2.40. The number of methoxy groups -OCH3 is 2. The van der Waals surface area contributed by atoms with Gasteiger partial charge in [-0.15, -0.1) is 0 Å². The van der Waals surface area contributed by atoms with E-state index in [-0.39, 0.29) is 23.5 Å². The molecule has 1 aromatic heterocycles. The van der Waals surface area contributed by atoms with Gasteiger partial charge in [-0.05, 0) is 58.0 Å². The molecule has 0 aliphatic carbocycles. The Morgan fingerprint density at radius 1 is 1.13 bits per heavy atom. The predicted octanol–water partition coefficient (Wildman–Crippen LogP) is 3.37. The van der Waals surface area contributed by atoms with Crippen molar-refractivity contribution >= 4 is 29.1 Å². The normalized spacial score (nSPS) is 15.0. The molecule has 0 radical (unpaired) electrons. The van der Waals surface area contributed by atoms with Crippen LogP contribution in [-0.4, -0.2) is 49.6 Å². The van der Waals surface area contributed by atoms with Gasteiger partial charge in [0.1, 0.15) is 23.3 Å². The second-order valence-electron chi connectivity index (χ2n) is 8.83. The van der Waals surface area contributed by atoms with E-state index in [4.69, 9.17) is 14.2 Å². The van der Waals surface area contributed by atoms with Gasteiger partial charge in [-0.3, -0.25) is 9.36 Å². The fourth-order valence-corrected chi connectivity index (χ4v) is 5.75. The van der Waals surface area contributed by atoms with Crippen LogP contribution < -0.4 is 29.3 Å². The molecule has 206 valence electrons. The van der Waals surface area contributed by atoms with Gasteiger partial charge in [0.2, 0.25) is 0 Å². The van der Waals surface area contributed by atoms with E-state index in [9.17, 15) is 14.7 Å². The van der Waals surface area contributed by atoms with Crippen LogP contribution in [0.2, 0.25) is 0 Å². The minimum absolute atomic E-state index is 0.0713. The average molecular weight is 552 g/mol. The van der Waals surface area contributed by atoms with Crippen molar-refractivity contribution in [3.8, 4) is 17.2 Å². The molecule has 2 heterocycles. The minimum Gasteiger partial charge on any atom is -0.507 e. The molecule has 0 unspecified atom stereocenters. The Morgan fingerprint density at radius 3 is 2.49 bits per heavy atom. The summed E-state index contributed by atoms with van der Waals surface area (Å²) in [5.74, 6) is 0.544. The van der Waals surface area contributed by atoms with E-state index in [1.165, 1.54) is 23.0 Å². The van der Waals surface area contributed by atoms with Gasteiger partial charge in [0.25, 0.3) is 5.56 Å². The van der Waals surface area contributed by atoms with Crippen LogP contribution in [0.15, 0.2) is 57.5 Å². The lowest BCUT2D eigenvalue weighted by atomic mass is 9.95. The first-order valence-electron chi connectivity index (χ1n) is 12.8. The summed E-state index contributed by atoms with van der Waals surface area (Å²) in [6.45, 7) is 9.35. The first-order valence-corrected chi connectivity index (χ1v) is 13.6. The summed E-state index contributed by atoms with van der Waals surface area (Å²) in [7, 11) is 3.07. The zero-order chi connectivity index (χ0) is 28.3. The number of anilines is 1. The Morgan fingerprint density at radius 2 is 1.87 bits per heavy atom. The standard InChI is InChI=1S/C29H33N3O6S/c1-7-31(8-2)19-11-10-18(22(33)15-19)14-24-27(34)32-26(21-13-12-20(36-5)16-23(21)37-6)25(28(35)38-9-3)17(4)30-29(32)39-24/h10-16,26,33H,7-9H2,1-6H3/b24-14-/t26-/m1/s1. The van der Waals surface area contributed by atoms with Crippen molar-refractivity contribution in [2.45, 2.75) is 33.7 Å². The molecule has 1 aliphatic heterocycles. The number of benzene rings is 2. The number of hydrogen-bond donors (Lipinski definition) is 1. The number of hydrogen-bond acceptors (Lipinski definition) is 9. The second-order valence-corrected chi connectivity index (χ2v) is 9.83. The molecule has 1 aliphatic rings. The number of allylic oxidation sites excluding steroid dienone is 1. The average Bonchev–Trinajstić information content (AvgIpc) is 3.23. The van der Waals surface area contributed by atoms with Crippen LogP contribution in [0.25, 0.3) is 6.08 Å². The van der Waals surface area contributed by atoms with Crippen LogP contribution in [0.5, 0.6) is 17.2 Å². The minimum atomic E-state index is -0.832. The van der Waals surface area contributed by atoms with Gasteiger partial charge in [0.05, 0.1) is 36.6 Å². The summed E-state index contributed by atoms with van der Waals surface area (Å²) in [4.78, 5) is 34.2. The highest BCUT2D eigenvalue weighted by atomic mass is 32.1. The Kier molecular flexibility index (Phi) is 8.44. The zero-order valence-electron chi connectivity index (χ0n) is 23.0. The van der Waals surface area contributed by atoms with Gasteiger partial charge in [-0.1, -0.05) is 11.3 Å². The second kappa shape index (κ2) is 11.8. The molecule has 10 heteroatoms. The Hall–Kier alpha value is -4.05. The number of phenols is 1. The third-order valence-corrected chi connectivity index (χ3v) is 7.66. The molecule has 9 nitrogen and oxygen atoms in total. The molecule has 3 aromatic rings. The molecule has 39 heavy (non-hydrogen) atoms. The van der Waals surface area contributed by atoms with E-state index in [0.717, 1.165) is 18.8 Å². The van der Waals surface area contributed by atoms with Crippen LogP contribution in [0.4, 0.5) is 5.69 Å². The summed E-state index contributed by atoms with van der Waals surface area (Å²) >= 11 is 1.19. The van der Waals surface area contributed by atoms with Crippen molar-refractivity contribution in [3.63, 3.8) is 0 Å². The molecule has 1 atom stereocenters. The largest absolute Gasteiger partial charge is 0.507 e. The summed E-state index contributed by atoms with van der Waals surface area (Å²) < 4.78 is 18.2. The molecule has 1 N–H and O–H groups in total. The number of esters is 1. The van der Waals surface area contributed by atoms with Gasteiger partial charge in [-0.2, -0.15) is 0 Å². The third kappa shape index (κ3) is 5.29. The Bertz CT molecular complexity index is 1600. The number of rotatable bonds is 9.